The fourth-order valence-electron chi connectivity index (χ4n) is 2.66. The molecule has 0 radical (unpaired) electrons. The van der Waals surface area contributed by atoms with Gasteiger partial charge < -0.3 is 5.32 Å². The van der Waals surface area contributed by atoms with Crippen LogP contribution < -0.4 is 5.32 Å². The van der Waals surface area contributed by atoms with Crippen LogP contribution in [0.3, 0.4) is 0 Å². The van der Waals surface area contributed by atoms with Crippen LogP contribution in [0, 0.1) is 5.92 Å². The molecule has 1 heterocycles. The van der Waals surface area contributed by atoms with Gasteiger partial charge in [-0.2, -0.15) is 0 Å². The minimum absolute atomic E-state index is 0.417. The van der Waals surface area contributed by atoms with Crippen molar-refractivity contribution in [2.24, 2.45) is 5.92 Å². The van der Waals surface area contributed by atoms with Gasteiger partial charge in [0.25, 0.3) is 0 Å². The zero-order chi connectivity index (χ0) is 12.4. The molecule has 1 aliphatic carbocycles. The molecule has 2 aromatic rings. The maximum Gasteiger partial charge on any atom is 0.0669 e. The molecule has 0 saturated heterocycles. The van der Waals surface area contributed by atoms with Crippen LogP contribution in [0.1, 0.15) is 35.7 Å². The van der Waals surface area contributed by atoms with Gasteiger partial charge in [-0.25, -0.2) is 0 Å². The van der Waals surface area contributed by atoms with Crippen LogP contribution in [0.25, 0.3) is 0 Å². The Kier molecular flexibility index (Phi) is 3.39. The fourth-order valence-corrected chi connectivity index (χ4v) is 3.32. The highest BCUT2D eigenvalue weighted by Crippen LogP contribution is 2.54. The molecule has 18 heavy (non-hydrogen) atoms. The average Bonchev–Trinajstić information content (AvgIpc) is 3.02. The van der Waals surface area contributed by atoms with Crippen LogP contribution in [0.2, 0.25) is 0 Å². The van der Waals surface area contributed by atoms with E-state index >= 15 is 0 Å². The van der Waals surface area contributed by atoms with Gasteiger partial charge >= 0.3 is 0 Å². The van der Waals surface area contributed by atoms with E-state index in [1.165, 1.54) is 28.4 Å². The van der Waals surface area contributed by atoms with Gasteiger partial charge in [-0.15, -0.1) is 5.10 Å². The van der Waals surface area contributed by atoms with E-state index in [0.29, 0.717) is 17.9 Å². The van der Waals surface area contributed by atoms with Gasteiger partial charge in [0.2, 0.25) is 0 Å². The predicted molar refractivity (Wildman–Crippen MR) is 73.6 cm³/mol. The summed E-state index contributed by atoms with van der Waals surface area (Å²) in [6.07, 6.45) is 3.16. The third kappa shape index (κ3) is 2.31. The lowest BCUT2D eigenvalue weighted by Crippen LogP contribution is -2.22. The van der Waals surface area contributed by atoms with Gasteiger partial charge in [-0.1, -0.05) is 41.7 Å². The van der Waals surface area contributed by atoms with Crippen molar-refractivity contribution in [3.05, 3.63) is 47.0 Å². The molecule has 4 heteroatoms. The van der Waals surface area contributed by atoms with E-state index in [2.05, 4.69) is 52.2 Å². The average molecular weight is 259 g/mol. The molecule has 1 aromatic heterocycles. The van der Waals surface area contributed by atoms with E-state index in [1.807, 2.05) is 6.20 Å². The zero-order valence-corrected chi connectivity index (χ0v) is 11.2. The molecule has 1 aliphatic rings. The van der Waals surface area contributed by atoms with E-state index < -0.39 is 0 Å². The molecule has 0 spiro atoms. The maximum absolute atomic E-state index is 3.98. The molecule has 94 valence electrons. The van der Waals surface area contributed by atoms with Gasteiger partial charge in [0.15, 0.2) is 0 Å². The first-order chi connectivity index (χ1) is 8.90. The monoisotopic (exact) mass is 259 g/mol. The van der Waals surface area contributed by atoms with E-state index in [1.54, 1.807) is 0 Å². The van der Waals surface area contributed by atoms with Crippen molar-refractivity contribution in [2.45, 2.75) is 25.3 Å². The summed E-state index contributed by atoms with van der Waals surface area (Å²) in [5.74, 6) is 1.38. The molecular formula is C14H17N3S. The van der Waals surface area contributed by atoms with E-state index in [4.69, 9.17) is 0 Å². The number of nitrogens with one attached hydrogen (secondary N) is 1. The molecule has 0 bridgehead atoms. The van der Waals surface area contributed by atoms with Gasteiger partial charge in [0.1, 0.15) is 0 Å². The second kappa shape index (κ2) is 5.16. The van der Waals surface area contributed by atoms with Gasteiger partial charge in [0, 0.05) is 6.04 Å². The van der Waals surface area contributed by atoms with Crippen molar-refractivity contribution in [2.75, 3.05) is 6.54 Å². The van der Waals surface area contributed by atoms with Crippen molar-refractivity contribution in [3.8, 4) is 0 Å². The van der Waals surface area contributed by atoms with Crippen molar-refractivity contribution < 1.29 is 0 Å². The molecular weight excluding hydrogens is 242 g/mol. The van der Waals surface area contributed by atoms with Crippen molar-refractivity contribution >= 4 is 11.5 Å². The highest BCUT2D eigenvalue weighted by molar-refractivity contribution is 7.05. The molecule has 0 amide bonds. The molecule has 1 fully saturated rings. The molecule has 3 nitrogen and oxygen atoms in total. The standard InChI is InChI=1S/C14H17N3S/c1-2-15-14(13-9-16-17-18-13)12-8-11(12)10-6-4-3-5-7-10/h3-7,9,11-12,14-15H,2,8H2,1H3. The normalized spacial score (nSPS) is 23.8. The van der Waals surface area contributed by atoms with Crippen molar-refractivity contribution in [1.29, 1.82) is 0 Å². The quantitative estimate of drug-likeness (QED) is 0.897. The number of hydrogen-bond acceptors (Lipinski definition) is 4. The summed E-state index contributed by atoms with van der Waals surface area (Å²) in [5, 5.41) is 7.54. The second-order valence-corrected chi connectivity index (χ2v) is 5.59. The Bertz CT molecular complexity index is 483. The van der Waals surface area contributed by atoms with Crippen LogP contribution in [-0.4, -0.2) is 16.1 Å². The molecule has 3 rings (SSSR count). The Hall–Kier alpha value is -1.26. The summed E-state index contributed by atoms with van der Waals surface area (Å²) in [4.78, 5) is 1.26. The Balaban J connectivity index is 1.75. The minimum Gasteiger partial charge on any atom is -0.309 e. The molecule has 3 unspecified atom stereocenters. The smallest absolute Gasteiger partial charge is 0.0669 e. The molecule has 3 atom stereocenters. The van der Waals surface area contributed by atoms with Crippen LogP contribution >= 0.6 is 11.5 Å². The van der Waals surface area contributed by atoms with Crippen LogP contribution in [0.5, 0.6) is 0 Å². The molecule has 1 aromatic carbocycles. The molecule has 0 aliphatic heterocycles. The fraction of sp³-hybridized carbons (Fsp3) is 0.429. The Labute approximate surface area is 111 Å². The topological polar surface area (TPSA) is 37.8 Å². The van der Waals surface area contributed by atoms with Gasteiger partial charge in [-0.05, 0) is 41.9 Å². The lowest BCUT2D eigenvalue weighted by Gasteiger charge is -2.15. The van der Waals surface area contributed by atoms with Crippen LogP contribution in [0.4, 0.5) is 0 Å². The van der Waals surface area contributed by atoms with E-state index in [0.717, 1.165) is 6.54 Å². The zero-order valence-electron chi connectivity index (χ0n) is 10.4. The largest absolute Gasteiger partial charge is 0.309 e. The molecule has 1 saturated carbocycles. The second-order valence-electron chi connectivity index (χ2n) is 4.77. The number of rotatable bonds is 5. The van der Waals surface area contributed by atoms with Crippen molar-refractivity contribution in [3.63, 3.8) is 0 Å². The maximum atomic E-state index is 3.98. The summed E-state index contributed by atoms with van der Waals surface area (Å²) >= 11 is 1.51. The van der Waals surface area contributed by atoms with E-state index in [-0.39, 0.29) is 0 Å². The highest BCUT2D eigenvalue weighted by Gasteiger charge is 2.44. The number of hydrogen-bond donors (Lipinski definition) is 1. The Morgan fingerprint density at radius 1 is 1.39 bits per heavy atom. The third-order valence-corrected chi connectivity index (χ3v) is 4.35. The lowest BCUT2D eigenvalue weighted by molar-refractivity contribution is 0.494. The van der Waals surface area contributed by atoms with Gasteiger partial charge in [-0.3, -0.25) is 0 Å². The highest BCUT2D eigenvalue weighted by atomic mass is 32.1. The summed E-state index contributed by atoms with van der Waals surface area (Å²) in [6, 6.07) is 11.2. The number of aromatic nitrogens is 2. The first-order valence-electron chi connectivity index (χ1n) is 6.45. The first kappa shape index (κ1) is 11.8. The summed E-state index contributed by atoms with van der Waals surface area (Å²) < 4.78 is 3.98. The van der Waals surface area contributed by atoms with Gasteiger partial charge in [0.05, 0.1) is 11.1 Å². The summed E-state index contributed by atoms with van der Waals surface area (Å²) in [6.45, 7) is 3.14. The van der Waals surface area contributed by atoms with E-state index in [9.17, 15) is 0 Å². The number of nitrogens with zero attached hydrogens (tertiary/aromatic N) is 2. The summed E-state index contributed by atoms with van der Waals surface area (Å²) in [7, 11) is 0. The minimum atomic E-state index is 0.417. The first-order valence-corrected chi connectivity index (χ1v) is 7.23. The predicted octanol–water partition coefficient (Wildman–Crippen LogP) is 2.99. The van der Waals surface area contributed by atoms with Crippen LogP contribution in [0.15, 0.2) is 36.5 Å². The summed E-state index contributed by atoms with van der Waals surface area (Å²) in [5.41, 5.74) is 1.46. The third-order valence-electron chi connectivity index (χ3n) is 3.60. The molecule has 1 N–H and O–H groups in total. The number of benzene rings is 1. The lowest BCUT2D eigenvalue weighted by atomic mass is 10.0. The van der Waals surface area contributed by atoms with Crippen LogP contribution in [-0.2, 0) is 0 Å². The SMILES string of the molecule is CCNC(c1cnns1)C1CC1c1ccccc1. The van der Waals surface area contributed by atoms with Crippen molar-refractivity contribution in [1.82, 2.24) is 14.9 Å². The Morgan fingerprint density at radius 3 is 2.89 bits per heavy atom. The Morgan fingerprint density at radius 2 is 2.22 bits per heavy atom.